The molecule has 5 aromatic rings. The first-order chi connectivity index (χ1) is 38.7. The van der Waals surface area contributed by atoms with Crippen LogP contribution < -0.4 is 32.1 Å². The summed E-state index contributed by atoms with van der Waals surface area (Å²) in [6.07, 6.45) is 3.27. The van der Waals surface area contributed by atoms with E-state index >= 15 is 0 Å². The van der Waals surface area contributed by atoms with Gasteiger partial charge in [-0.25, -0.2) is 4.98 Å². The highest BCUT2D eigenvalue weighted by atomic mass is 16.5. The smallest absolute Gasteiger partial charge is 0.272 e. The summed E-state index contributed by atoms with van der Waals surface area (Å²) in [7, 11) is 3.09. The van der Waals surface area contributed by atoms with Crippen LogP contribution in [0.1, 0.15) is 97.6 Å². The molecule has 2 saturated heterocycles. The number of nitrogens with one attached hydrogen (secondary N) is 5. The van der Waals surface area contributed by atoms with Crippen LogP contribution in [-0.2, 0) is 47.6 Å². The maximum absolute atomic E-state index is 13.5. The Morgan fingerprint density at radius 2 is 1.47 bits per heavy atom. The Hall–Kier alpha value is -8.96. The Balaban J connectivity index is 0.704. The van der Waals surface area contributed by atoms with E-state index in [2.05, 4.69) is 52.3 Å². The number of carbonyl (C=O) groups is 9. The molecule has 424 valence electrons. The Kier molecular flexibility index (Phi) is 18.3. The summed E-state index contributed by atoms with van der Waals surface area (Å²) in [5, 5.41) is 13.5. The molecule has 0 aliphatic carbocycles. The Bertz CT molecular complexity index is 3330. The van der Waals surface area contributed by atoms with Crippen LogP contribution in [-0.4, -0.2) is 173 Å². The number of hydrogen-bond donors (Lipinski definition) is 5. The third-order valence-corrected chi connectivity index (χ3v) is 14.3. The molecule has 0 radical (unpaired) electrons. The topological polar surface area (TPSA) is 284 Å². The SMILES string of the molecule is Cc1c(NC(=O)c2ccc(C(C)(C)C)cc2)cccc1-c1cn(C)c(=O)c(Cc2ccc(C(=O)N3CCN(CC(=O)NCCOCCNC(=O)CN(C)C(=O)CNc4cccc5c4C(=O)N(C4CCC(=O)NC4=O)C5=O)CC3)cn2)n1. The first-order valence-corrected chi connectivity index (χ1v) is 26.7. The fraction of sp³-hybridized carbons (Fsp3) is 0.379. The number of piperazine rings is 1. The van der Waals surface area contributed by atoms with E-state index in [1.165, 1.54) is 40.9 Å². The lowest BCUT2D eigenvalue weighted by Crippen LogP contribution is -2.54. The number of aryl methyl sites for hydroxylation is 1. The minimum absolute atomic E-state index is 0.00670. The number of carbonyl (C=O) groups excluding carboxylic acids is 9. The number of hydrogen-bond acceptors (Lipinski definition) is 15. The molecule has 23 heteroatoms. The van der Waals surface area contributed by atoms with Crippen LogP contribution in [0, 0.1) is 6.92 Å². The Morgan fingerprint density at radius 3 is 2.14 bits per heavy atom. The number of nitrogens with zero attached hydrogens (tertiary/aromatic N) is 7. The van der Waals surface area contributed by atoms with Gasteiger partial charge in [0, 0.05) is 107 Å². The molecule has 0 bridgehead atoms. The lowest BCUT2D eigenvalue weighted by atomic mass is 9.86. The Morgan fingerprint density at radius 1 is 0.802 bits per heavy atom. The van der Waals surface area contributed by atoms with E-state index in [0.717, 1.165) is 21.6 Å². The van der Waals surface area contributed by atoms with Crippen molar-refractivity contribution in [2.24, 2.45) is 7.05 Å². The number of rotatable bonds is 20. The number of pyridine rings is 1. The van der Waals surface area contributed by atoms with Gasteiger partial charge in [-0.05, 0) is 72.4 Å². The number of piperidine rings is 1. The van der Waals surface area contributed by atoms with E-state index in [-0.39, 0.29) is 116 Å². The molecule has 3 aliphatic heterocycles. The first kappa shape index (κ1) is 58.2. The number of likely N-dealkylation sites (N-methyl/N-ethyl adjacent to an activating group) is 1. The van der Waals surface area contributed by atoms with Gasteiger partial charge in [-0.15, -0.1) is 0 Å². The van der Waals surface area contributed by atoms with Gasteiger partial charge in [-0.3, -0.25) is 68.0 Å². The average Bonchev–Trinajstić information content (AvgIpc) is 3.93. The van der Waals surface area contributed by atoms with Crippen molar-refractivity contribution in [2.45, 2.75) is 58.4 Å². The quantitative estimate of drug-likeness (QED) is 0.0552. The molecule has 9 amide bonds. The molecule has 1 unspecified atom stereocenters. The second kappa shape index (κ2) is 25.4. The molecule has 3 aliphatic rings. The van der Waals surface area contributed by atoms with Crippen molar-refractivity contribution < 1.29 is 47.9 Å². The van der Waals surface area contributed by atoms with E-state index < -0.39 is 41.5 Å². The second-order valence-corrected chi connectivity index (χ2v) is 21.1. The minimum Gasteiger partial charge on any atom is -0.378 e. The number of benzene rings is 3. The predicted molar refractivity (Wildman–Crippen MR) is 298 cm³/mol. The standard InChI is InChI=1S/C58H66N12O11/c1-35-40(9-7-11-42(35)64-52(75)36-13-16-38(17-14-36)58(2,3)4)45-32-67(6)56(79)44(63-45)29-39-18-15-37(30-61-39)54(77)69-25-23-68(24-26-69)34-49(73)60-22-28-81-27-21-59-48(72)33-66(5)50(74)31-62-43-12-8-10-41-51(43)57(80)70(55(41)78)46-19-20-47(71)65-53(46)76/h7-18,30,32,46,62H,19-29,31,33-34H2,1-6H3,(H,59,72)(H,60,73)(H,64,75)(H,65,71,76). The lowest BCUT2D eigenvalue weighted by molar-refractivity contribution is -0.136. The van der Waals surface area contributed by atoms with E-state index in [0.29, 0.717) is 54.4 Å². The van der Waals surface area contributed by atoms with Crippen molar-refractivity contribution in [2.75, 3.05) is 89.8 Å². The molecule has 0 saturated carbocycles. The molecule has 81 heavy (non-hydrogen) atoms. The van der Waals surface area contributed by atoms with Crippen molar-refractivity contribution in [1.82, 2.24) is 50.1 Å². The molecule has 0 spiro atoms. The third kappa shape index (κ3) is 14.1. The minimum atomic E-state index is -1.13. The summed E-state index contributed by atoms with van der Waals surface area (Å²) in [6, 6.07) is 19.9. The van der Waals surface area contributed by atoms with Crippen molar-refractivity contribution in [3.63, 3.8) is 0 Å². The number of amides is 9. The van der Waals surface area contributed by atoms with Crippen LogP contribution in [0.15, 0.2) is 90.0 Å². The molecule has 23 nitrogen and oxygen atoms in total. The molecule has 3 aromatic carbocycles. The zero-order valence-electron chi connectivity index (χ0n) is 46.2. The highest BCUT2D eigenvalue weighted by molar-refractivity contribution is 6.25. The van der Waals surface area contributed by atoms with E-state index in [4.69, 9.17) is 9.72 Å². The van der Waals surface area contributed by atoms with Crippen LogP contribution in [0.4, 0.5) is 11.4 Å². The molecular formula is C58H66N12O11. The van der Waals surface area contributed by atoms with E-state index in [1.807, 2.05) is 54.3 Å². The molecule has 2 aromatic heterocycles. The zero-order valence-corrected chi connectivity index (χ0v) is 46.2. The van der Waals surface area contributed by atoms with Crippen LogP contribution in [0.25, 0.3) is 11.3 Å². The first-order valence-electron chi connectivity index (χ1n) is 26.7. The maximum atomic E-state index is 13.5. The average molecular weight is 1110 g/mol. The maximum Gasteiger partial charge on any atom is 0.272 e. The summed E-state index contributed by atoms with van der Waals surface area (Å²) in [6.45, 7) is 10.3. The van der Waals surface area contributed by atoms with Gasteiger partial charge in [0.15, 0.2) is 0 Å². The van der Waals surface area contributed by atoms with Gasteiger partial charge in [0.1, 0.15) is 11.7 Å². The van der Waals surface area contributed by atoms with Gasteiger partial charge < -0.3 is 40.4 Å². The van der Waals surface area contributed by atoms with Gasteiger partial charge >= 0.3 is 0 Å². The molecule has 2 fully saturated rings. The highest BCUT2D eigenvalue weighted by Crippen LogP contribution is 2.33. The van der Waals surface area contributed by atoms with Crippen LogP contribution in [0.3, 0.4) is 0 Å². The summed E-state index contributed by atoms with van der Waals surface area (Å²) in [5.41, 5.74) is 5.55. The zero-order chi connectivity index (χ0) is 58.1. The number of aromatic nitrogens is 3. The molecule has 5 N–H and O–H groups in total. The van der Waals surface area contributed by atoms with Crippen molar-refractivity contribution in [3.8, 4) is 11.3 Å². The number of imide groups is 2. The molecule has 1 atom stereocenters. The molecular weight excluding hydrogens is 1040 g/mol. The fourth-order valence-electron chi connectivity index (χ4n) is 9.61. The highest BCUT2D eigenvalue weighted by Gasteiger charge is 2.45. The second-order valence-electron chi connectivity index (χ2n) is 21.1. The summed E-state index contributed by atoms with van der Waals surface area (Å²) >= 11 is 0. The van der Waals surface area contributed by atoms with Crippen molar-refractivity contribution in [1.29, 1.82) is 0 Å². The number of anilines is 2. The third-order valence-electron chi connectivity index (χ3n) is 14.3. The normalized spacial score (nSPS) is 15.5. The largest absolute Gasteiger partial charge is 0.378 e. The number of fused-ring (bicyclic) bond motifs is 1. The Labute approximate surface area is 467 Å². The van der Waals surface area contributed by atoms with Gasteiger partial charge in [-0.1, -0.05) is 51.1 Å². The van der Waals surface area contributed by atoms with E-state index in [9.17, 15) is 47.9 Å². The van der Waals surface area contributed by atoms with Crippen LogP contribution >= 0.6 is 0 Å². The monoisotopic (exact) mass is 1110 g/mol. The molecule has 8 rings (SSSR count). The van der Waals surface area contributed by atoms with Crippen molar-refractivity contribution in [3.05, 3.63) is 140 Å². The predicted octanol–water partition coefficient (Wildman–Crippen LogP) is 2.27. The van der Waals surface area contributed by atoms with E-state index in [1.54, 1.807) is 30.3 Å². The van der Waals surface area contributed by atoms with Gasteiger partial charge in [-0.2, -0.15) is 0 Å². The fourth-order valence-corrected chi connectivity index (χ4v) is 9.61. The van der Waals surface area contributed by atoms with Crippen LogP contribution in [0.5, 0.6) is 0 Å². The lowest BCUT2D eigenvalue weighted by Gasteiger charge is -2.34. The summed E-state index contributed by atoms with van der Waals surface area (Å²) in [5.74, 6) is -4.18. The van der Waals surface area contributed by atoms with Crippen molar-refractivity contribution >= 4 is 64.5 Å². The van der Waals surface area contributed by atoms with Crippen LogP contribution in [0.2, 0.25) is 0 Å². The molecule has 5 heterocycles. The summed E-state index contributed by atoms with van der Waals surface area (Å²) in [4.78, 5) is 144. The summed E-state index contributed by atoms with van der Waals surface area (Å²) < 4.78 is 7.03. The van der Waals surface area contributed by atoms with Gasteiger partial charge in [0.25, 0.3) is 29.2 Å². The van der Waals surface area contributed by atoms with Gasteiger partial charge in [0.2, 0.25) is 29.5 Å². The van der Waals surface area contributed by atoms with Gasteiger partial charge in [0.05, 0.1) is 55.2 Å². The number of ether oxygens (including phenoxy) is 1.